The number of aromatic hydroxyl groups is 3. The quantitative estimate of drug-likeness (QED) is 0.593. The van der Waals surface area contributed by atoms with Crippen LogP contribution in [0.3, 0.4) is 0 Å². The van der Waals surface area contributed by atoms with E-state index in [-0.39, 0.29) is 11.5 Å². The molecule has 0 heterocycles. The zero-order chi connectivity index (χ0) is 11.4. The molecule has 4 N–H and O–H groups in total. The van der Waals surface area contributed by atoms with Crippen LogP contribution in [0.5, 0.6) is 17.2 Å². The van der Waals surface area contributed by atoms with Gasteiger partial charge >= 0.3 is 0 Å². The Balaban J connectivity index is 2.70. The number of phenols is 3. The van der Waals surface area contributed by atoms with Crippen LogP contribution >= 0.6 is 11.6 Å². The summed E-state index contributed by atoms with van der Waals surface area (Å²) in [6.07, 6.45) is 0. The van der Waals surface area contributed by atoms with Gasteiger partial charge < -0.3 is 20.6 Å². The molecule has 1 rings (SSSR count). The number of halogens is 1. The fourth-order valence-corrected chi connectivity index (χ4v) is 1.18. The van der Waals surface area contributed by atoms with Crippen molar-refractivity contribution in [3.05, 3.63) is 29.3 Å². The van der Waals surface area contributed by atoms with Crippen molar-refractivity contribution in [3.8, 4) is 17.2 Å². The lowest BCUT2D eigenvalue weighted by molar-refractivity contribution is 0.364. The highest BCUT2D eigenvalue weighted by Gasteiger charge is 2.10. The van der Waals surface area contributed by atoms with Crippen LogP contribution in [0.1, 0.15) is 5.56 Å². The van der Waals surface area contributed by atoms with E-state index in [0.29, 0.717) is 23.7 Å². The first-order valence-corrected chi connectivity index (χ1v) is 4.67. The Bertz CT molecular complexity index is 379. The lowest BCUT2D eigenvalue weighted by Crippen LogP contribution is -2.14. The summed E-state index contributed by atoms with van der Waals surface area (Å²) in [6, 6.07) is 2.82. The Kier molecular flexibility index (Phi) is 3.82. The molecule has 5 heteroatoms. The third-order valence-corrected chi connectivity index (χ3v) is 1.98. The summed E-state index contributed by atoms with van der Waals surface area (Å²) in [5.74, 6) is -1.19. The topological polar surface area (TPSA) is 72.7 Å². The van der Waals surface area contributed by atoms with E-state index < -0.39 is 5.75 Å². The van der Waals surface area contributed by atoms with Crippen molar-refractivity contribution in [2.75, 3.05) is 6.54 Å². The monoisotopic (exact) mass is 229 g/mol. The largest absolute Gasteiger partial charge is 0.504 e. The molecule has 0 saturated carbocycles. The van der Waals surface area contributed by atoms with Crippen LogP contribution in [-0.4, -0.2) is 21.9 Å². The molecule has 0 atom stereocenters. The molecule has 1 aromatic rings. The van der Waals surface area contributed by atoms with Gasteiger partial charge in [0.2, 0.25) is 5.75 Å². The maximum absolute atomic E-state index is 9.44. The first-order valence-electron chi connectivity index (χ1n) is 4.29. The number of hydrogen-bond donors (Lipinski definition) is 4. The molecule has 4 nitrogen and oxygen atoms in total. The molecular weight excluding hydrogens is 218 g/mol. The average Bonchev–Trinajstić information content (AvgIpc) is 2.18. The van der Waals surface area contributed by atoms with Crippen molar-refractivity contribution < 1.29 is 15.3 Å². The van der Waals surface area contributed by atoms with Gasteiger partial charge in [-0.2, -0.15) is 0 Å². The van der Waals surface area contributed by atoms with Gasteiger partial charge in [0.1, 0.15) is 0 Å². The van der Waals surface area contributed by atoms with Gasteiger partial charge in [-0.05, 0) is 6.07 Å². The summed E-state index contributed by atoms with van der Waals surface area (Å²) in [4.78, 5) is 0. The molecule has 0 fully saturated rings. The molecule has 0 aromatic heterocycles. The minimum absolute atomic E-state index is 0.325. The second kappa shape index (κ2) is 4.91. The lowest BCUT2D eigenvalue weighted by atomic mass is 10.1. The fraction of sp³-hybridized carbons (Fsp3) is 0.200. The smallest absolute Gasteiger partial charge is 0.200 e. The highest BCUT2D eigenvalue weighted by atomic mass is 35.5. The Hall–Kier alpha value is -1.39. The number of benzene rings is 1. The van der Waals surface area contributed by atoms with Crippen molar-refractivity contribution in [1.82, 2.24) is 5.32 Å². The highest BCUT2D eigenvalue weighted by Crippen LogP contribution is 2.36. The second-order valence-electron chi connectivity index (χ2n) is 3.06. The summed E-state index contributed by atoms with van der Waals surface area (Å²) in [6.45, 7) is 4.22. The maximum atomic E-state index is 9.44. The Morgan fingerprint density at radius 2 is 1.93 bits per heavy atom. The Morgan fingerprint density at radius 3 is 2.53 bits per heavy atom. The van der Waals surface area contributed by atoms with E-state index in [0.717, 1.165) is 0 Å². The van der Waals surface area contributed by atoms with Crippen LogP contribution in [0.4, 0.5) is 0 Å². The molecule has 1 aromatic carbocycles. The molecule has 82 valence electrons. The van der Waals surface area contributed by atoms with Gasteiger partial charge in [-0.1, -0.05) is 24.2 Å². The SMILES string of the molecule is C=C(Cl)CNCc1ccc(O)c(O)c1O. The third kappa shape index (κ3) is 3.04. The molecule has 0 spiro atoms. The summed E-state index contributed by atoms with van der Waals surface area (Å²) in [7, 11) is 0. The lowest BCUT2D eigenvalue weighted by Gasteiger charge is -2.08. The highest BCUT2D eigenvalue weighted by molar-refractivity contribution is 6.29. The van der Waals surface area contributed by atoms with E-state index in [4.69, 9.17) is 16.7 Å². The summed E-state index contributed by atoms with van der Waals surface area (Å²) < 4.78 is 0. The molecule has 0 saturated heterocycles. The van der Waals surface area contributed by atoms with E-state index in [2.05, 4.69) is 11.9 Å². The van der Waals surface area contributed by atoms with Crippen LogP contribution in [0.25, 0.3) is 0 Å². The van der Waals surface area contributed by atoms with Gasteiger partial charge in [0.25, 0.3) is 0 Å². The maximum Gasteiger partial charge on any atom is 0.200 e. The molecule has 0 aliphatic heterocycles. The van der Waals surface area contributed by atoms with Gasteiger partial charge in [-0.15, -0.1) is 0 Å². The minimum atomic E-state index is -0.515. The number of rotatable bonds is 4. The van der Waals surface area contributed by atoms with E-state index in [1.54, 1.807) is 0 Å². The number of phenolic OH excluding ortho intramolecular Hbond substituents is 3. The fourth-order valence-electron chi connectivity index (χ4n) is 1.09. The average molecular weight is 230 g/mol. The molecule has 0 radical (unpaired) electrons. The van der Waals surface area contributed by atoms with E-state index in [1.165, 1.54) is 12.1 Å². The molecule has 0 unspecified atom stereocenters. The summed E-state index contributed by atoms with van der Waals surface area (Å²) >= 11 is 5.53. The molecule has 0 amide bonds. The van der Waals surface area contributed by atoms with Crippen molar-refractivity contribution >= 4 is 11.6 Å². The molecule has 0 aliphatic carbocycles. The second-order valence-corrected chi connectivity index (χ2v) is 3.60. The van der Waals surface area contributed by atoms with Crippen molar-refractivity contribution in [2.24, 2.45) is 0 Å². The van der Waals surface area contributed by atoms with E-state index in [1.807, 2.05) is 0 Å². The standard InChI is InChI=1S/C10H12ClNO3/c1-6(11)4-12-5-7-2-3-8(13)10(15)9(7)14/h2-3,12-15H,1,4-5H2. The number of nitrogens with one attached hydrogen (secondary N) is 1. The zero-order valence-electron chi connectivity index (χ0n) is 8.00. The van der Waals surface area contributed by atoms with Crippen LogP contribution in [-0.2, 0) is 6.54 Å². The molecule has 0 aliphatic rings. The van der Waals surface area contributed by atoms with Crippen LogP contribution in [0, 0.1) is 0 Å². The van der Waals surface area contributed by atoms with Gasteiger partial charge in [0.05, 0.1) is 0 Å². The molecule has 0 bridgehead atoms. The molecular formula is C10H12ClNO3. The Morgan fingerprint density at radius 1 is 1.27 bits per heavy atom. The van der Waals surface area contributed by atoms with Gasteiger partial charge in [0.15, 0.2) is 11.5 Å². The van der Waals surface area contributed by atoms with Crippen LogP contribution in [0.15, 0.2) is 23.7 Å². The van der Waals surface area contributed by atoms with Crippen molar-refractivity contribution in [3.63, 3.8) is 0 Å². The summed E-state index contributed by atoms with van der Waals surface area (Å²) in [5, 5.41) is 31.1. The van der Waals surface area contributed by atoms with Crippen molar-refractivity contribution in [1.29, 1.82) is 0 Å². The van der Waals surface area contributed by atoms with E-state index >= 15 is 0 Å². The summed E-state index contributed by atoms with van der Waals surface area (Å²) in [5.41, 5.74) is 0.475. The van der Waals surface area contributed by atoms with Gasteiger partial charge in [-0.25, -0.2) is 0 Å². The Labute approximate surface area is 92.4 Å². The van der Waals surface area contributed by atoms with Crippen LogP contribution < -0.4 is 5.32 Å². The predicted molar refractivity (Wildman–Crippen MR) is 58.1 cm³/mol. The predicted octanol–water partition coefficient (Wildman–Crippen LogP) is 1.65. The van der Waals surface area contributed by atoms with E-state index in [9.17, 15) is 10.2 Å². The first-order chi connectivity index (χ1) is 7.02. The zero-order valence-corrected chi connectivity index (χ0v) is 8.75. The van der Waals surface area contributed by atoms with Crippen LogP contribution in [0.2, 0.25) is 0 Å². The first kappa shape index (κ1) is 11.7. The van der Waals surface area contributed by atoms with Gasteiger partial charge in [-0.3, -0.25) is 0 Å². The van der Waals surface area contributed by atoms with Crippen molar-refractivity contribution in [2.45, 2.75) is 6.54 Å². The third-order valence-electron chi connectivity index (χ3n) is 1.85. The minimum Gasteiger partial charge on any atom is -0.504 e. The van der Waals surface area contributed by atoms with Gasteiger partial charge in [0, 0.05) is 23.7 Å². The normalized spacial score (nSPS) is 10.2. The number of hydrogen-bond acceptors (Lipinski definition) is 4. The molecule has 15 heavy (non-hydrogen) atoms.